The van der Waals surface area contributed by atoms with Crippen molar-refractivity contribution < 1.29 is 19.5 Å². The van der Waals surface area contributed by atoms with Crippen LogP contribution in [-0.2, 0) is 27.2 Å². The number of aliphatic hydroxyl groups is 1. The fourth-order valence-corrected chi connectivity index (χ4v) is 4.82. The van der Waals surface area contributed by atoms with Crippen LogP contribution in [0.15, 0.2) is 54.6 Å². The zero-order valence-electron chi connectivity index (χ0n) is 18.1. The summed E-state index contributed by atoms with van der Waals surface area (Å²) >= 11 is 0. The van der Waals surface area contributed by atoms with E-state index in [1.165, 1.54) is 0 Å². The standard InChI is InChI=1S/C26H25N3O4/c30-22(21-7-3-5-16-4-1-2-6-20(16)21)10-12-27-25(32)26(33)28-19-14-17-8-9-23(31)29-13-11-18(15-19)24(17)29/h1-7,14-15,22,30H,8-13H2,(H,27,32)(H,28,33). The molecule has 2 aliphatic rings. The van der Waals surface area contributed by atoms with Crippen molar-refractivity contribution >= 4 is 39.9 Å². The summed E-state index contributed by atoms with van der Waals surface area (Å²) in [6.07, 6.45) is 1.38. The summed E-state index contributed by atoms with van der Waals surface area (Å²) in [5.74, 6) is -1.35. The minimum absolute atomic E-state index is 0.142. The van der Waals surface area contributed by atoms with Crippen molar-refractivity contribution in [3.8, 4) is 0 Å². The van der Waals surface area contributed by atoms with Gasteiger partial charge < -0.3 is 20.6 Å². The predicted octanol–water partition coefficient (Wildman–Crippen LogP) is 2.85. The number of fused-ring (bicyclic) bond motifs is 1. The number of anilines is 2. The third-order valence-corrected chi connectivity index (χ3v) is 6.40. The molecule has 33 heavy (non-hydrogen) atoms. The van der Waals surface area contributed by atoms with E-state index in [-0.39, 0.29) is 12.5 Å². The van der Waals surface area contributed by atoms with Gasteiger partial charge in [0.25, 0.3) is 0 Å². The second-order valence-electron chi connectivity index (χ2n) is 8.52. The van der Waals surface area contributed by atoms with Gasteiger partial charge in [0.2, 0.25) is 5.91 Å². The van der Waals surface area contributed by atoms with Crippen molar-refractivity contribution in [2.45, 2.75) is 31.8 Å². The number of benzene rings is 3. The van der Waals surface area contributed by atoms with Crippen LogP contribution in [0.5, 0.6) is 0 Å². The molecule has 168 valence electrons. The molecule has 5 rings (SSSR count). The van der Waals surface area contributed by atoms with Crippen molar-refractivity contribution in [1.82, 2.24) is 5.32 Å². The van der Waals surface area contributed by atoms with Gasteiger partial charge in [-0.15, -0.1) is 0 Å². The largest absolute Gasteiger partial charge is 0.388 e. The summed E-state index contributed by atoms with van der Waals surface area (Å²) in [5.41, 5.74) is 4.38. The van der Waals surface area contributed by atoms with Crippen LogP contribution >= 0.6 is 0 Å². The summed E-state index contributed by atoms with van der Waals surface area (Å²) in [6.45, 7) is 0.835. The van der Waals surface area contributed by atoms with Gasteiger partial charge in [-0.2, -0.15) is 0 Å². The lowest BCUT2D eigenvalue weighted by atomic mass is 9.98. The van der Waals surface area contributed by atoms with E-state index >= 15 is 0 Å². The highest BCUT2D eigenvalue weighted by Crippen LogP contribution is 2.38. The Morgan fingerprint density at radius 3 is 2.58 bits per heavy atom. The molecule has 3 aromatic carbocycles. The maximum absolute atomic E-state index is 12.4. The van der Waals surface area contributed by atoms with Crippen LogP contribution in [0.3, 0.4) is 0 Å². The Balaban J connectivity index is 1.18. The monoisotopic (exact) mass is 443 g/mol. The third-order valence-electron chi connectivity index (χ3n) is 6.40. The highest BCUT2D eigenvalue weighted by molar-refractivity contribution is 6.39. The van der Waals surface area contributed by atoms with Crippen molar-refractivity contribution in [2.75, 3.05) is 23.3 Å². The molecule has 0 fully saturated rings. The van der Waals surface area contributed by atoms with Crippen LogP contribution in [0.4, 0.5) is 11.4 Å². The summed E-state index contributed by atoms with van der Waals surface area (Å²) in [5, 5.41) is 17.9. The maximum atomic E-state index is 12.4. The van der Waals surface area contributed by atoms with Crippen LogP contribution in [-0.4, -0.2) is 35.9 Å². The number of rotatable bonds is 5. The lowest BCUT2D eigenvalue weighted by Crippen LogP contribution is -2.36. The zero-order chi connectivity index (χ0) is 22.9. The first-order valence-electron chi connectivity index (χ1n) is 11.2. The molecule has 3 N–H and O–H groups in total. The molecule has 7 nitrogen and oxygen atoms in total. The number of carbonyl (C=O) groups excluding carboxylic acids is 3. The van der Waals surface area contributed by atoms with Gasteiger partial charge in [-0.1, -0.05) is 42.5 Å². The highest BCUT2D eigenvalue weighted by atomic mass is 16.3. The van der Waals surface area contributed by atoms with Crippen molar-refractivity contribution in [3.05, 3.63) is 71.3 Å². The van der Waals surface area contributed by atoms with E-state index in [0.29, 0.717) is 31.5 Å². The zero-order valence-corrected chi connectivity index (χ0v) is 18.1. The van der Waals surface area contributed by atoms with Gasteiger partial charge in [-0.25, -0.2) is 0 Å². The Morgan fingerprint density at radius 2 is 1.73 bits per heavy atom. The predicted molar refractivity (Wildman–Crippen MR) is 126 cm³/mol. The van der Waals surface area contributed by atoms with Gasteiger partial charge in [0, 0.05) is 25.2 Å². The Labute approximate surface area is 191 Å². The van der Waals surface area contributed by atoms with Crippen LogP contribution in [0.25, 0.3) is 10.8 Å². The quantitative estimate of drug-likeness (QED) is 0.528. The van der Waals surface area contributed by atoms with Crippen molar-refractivity contribution in [2.24, 2.45) is 0 Å². The van der Waals surface area contributed by atoms with Crippen molar-refractivity contribution in [3.63, 3.8) is 0 Å². The molecular weight excluding hydrogens is 418 g/mol. The molecule has 1 unspecified atom stereocenters. The van der Waals surface area contributed by atoms with E-state index in [1.54, 1.807) is 0 Å². The molecule has 1 atom stereocenters. The number of aliphatic hydroxyl groups excluding tert-OH is 1. The van der Waals surface area contributed by atoms with E-state index in [0.717, 1.165) is 39.6 Å². The Morgan fingerprint density at radius 1 is 0.970 bits per heavy atom. The molecule has 2 heterocycles. The van der Waals surface area contributed by atoms with Crippen molar-refractivity contribution in [1.29, 1.82) is 0 Å². The first-order valence-corrected chi connectivity index (χ1v) is 11.2. The average molecular weight is 444 g/mol. The fourth-order valence-electron chi connectivity index (χ4n) is 4.82. The van der Waals surface area contributed by atoms with Crippen LogP contribution < -0.4 is 15.5 Å². The van der Waals surface area contributed by atoms with Gasteiger partial charge in [-0.3, -0.25) is 14.4 Å². The van der Waals surface area contributed by atoms with E-state index in [9.17, 15) is 19.5 Å². The van der Waals surface area contributed by atoms with E-state index in [4.69, 9.17) is 0 Å². The van der Waals surface area contributed by atoms with Crippen LogP contribution in [0.1, 0.15) is 35.6 Å². The maximum Gasteiger partial charge on any atom is 0.313 e. The molecule has 2 aliphatic heterocycles. The average Bonchev–Trinajstić information content (AvgIpc) is 3.26. The van der Waals surface area contributed by atoms with Gasteiger partial charge in [0.05, 0.1) is 11.8 Å². The highest BCUT2D eigenvalue weighted by Gasteiger charge is 2.31. The molecular formula is C26H25N3O4. The summed E-state index contributed by atoms with van der Waals surface area (Å²) in [4.78, 5) is 38.6. The molecule has 0 bridgehead atoms. The SMILES string of the molecule is O=C(NCCC(O)c1cccc2ccccc12)C(=O)Nc1cc2c3c(c1)CCN3C(=O)CC2. The number of amides is 3. The molecule has 0 aliphatic carbocycles. The second kappa shape index (κ2) is 8.67. The Hall–Kier alpha value is -3.71. The van der Waals surface area contributed by atoms with E-state index in [1.807, 2.05) is 59.5 Å². The first kappa shape index (κ1) is 21.2. The third kappa shape index (κ3) is 4.07. The molecule has 7 heteroatoms. The van der Waals surface area contributed by atoms with E-state index < -0.39 is 17.9 Å². The number of hydrogen-bond acceptors (Lipinski definition) is 4. The van der Waals surface area contributed by atoms with Crippen LogP contribution in [0, 0.1) is 0 Å². The summed E-state index contributed by atoms with van der Waals surface area (Å²) in [7, 11) is 0. The molecule has 3 amide bonds. The Bertz CT molecular complexity index is 1260. The summed E-state index contributed by atoms with van der Waals surface area (Å²) < 4.78 is 0. The molecule has 0 saturated heterocycles. The minimum atomic E-state index is -0.755. The second-order valence-corrected chi connectivity index (χ2v) is 8.52. The van der Waals surface area contributed by atoms with Gasteiger partial charge in [0.1, 0.15) is 0 Å². The Kier molecular flexibility index (Phi) is 5.56. The molecule has 3 aromatic rings. The van der Waals surface area contributed by atoms with Gasteiger partial charge in [-0.05, 0) is 58.9 Å². The molecule has 0 aromatic heterocycles. The van der Waals surface area contributed by atoms with E-state index in [2.05, 4.69) is 10.6 Å². The molecule has 0 saturated carbocycles. The van der Waals surface area contributed by atoms with Gasteiger partial charge >= 0.3 is 11.8 Å². The number of nitrogens with zero attached hydrogens (tertiary/aromatic N) is 1. The molecule has 0 radical (unpaired) electrons. The smallest absolute Gasteiger partial charge is 0.313 e. The normalized spacial score (nSPS) is 15.3. The number of carbonyl (C=O) groups is 3. The number of aryl methyl sites for hydroxylation is 1. The number of hydrogen-bond donors (Lipinski definition) is 3. The topological polar surface area (TPSA) is 98.7 Å². The lowest BCUT2D eigenvalue weighted by Gasteiger charge is -2.25. The minimum Gasteiger partial charge on any atom is -0.388 e. The van der Waals surface area contributed by atoms with Gasteiger partial charge in [0.15, 0.2) is 0 Å². The molecule has 0 spiro atoms. The fraction of sp³-hybridized carbons (Fsp3) is 0.269. The lowest BCUT2D eigenvalue weighted by molar-refractivity contribution is -0.136. The number of nitrogens with one attached hydrogen (secondary N) is 2. The van der Waals surface area contributed by atoms with Crippen LogP contribution in [0.2, 0.25) is 0 Å². The first-order chi connectivity index (χ1) is 16.0. The summed E-state index contributed by atoms with van der Waals surface area (Å²) in [6, 6.07) is 17.3.